The molecule has 0 radical (unpaired) electrons. The molecule has 0 saturated carbocycles. The van der Waals surface area contributed by atoms with Crippen molar-refractivity contribution in [2.45, 2.75) is 25.0 Å². The molecule has 1 aromatic rings. The van der Waals surface area contributed by atoms with Gasteiger partial charge in [-0.15, -0.1) is 0 Å². The van der Waals surface area contributed by atoms with E-state index in [0.29, 0.717) is 6.54 Å². The van der Waals surface area contributed by atoms with E-state index in [4.69, 9.17) is 22.1 Å². The first-order valence-corrected chi connectivity index (χ1v) is 5.28. The van der Waals surface area contributed by atoms with Gasteiger partial charge in [-0.25, -0.2) is 0 Å². The Morgan fingerprint density at radius 2 is 2.00 bits per heavy atom. The molecule has 2 N–H and O–H groups in total. The smallest absolute Gasteiger partial charge is 0.0830 e. The van der Waals surface area contributed by atoms with Crippen molar-refractivity contribution in [3.05, 3.63) is 34.9 Å². The van der Waals surface area contributed by atoms with E-state index in [0.717, 1.165) is 17.9 Å². The van der Waals surface area contributed by atoms with Crippen LogP contribution < -0.4 is 5.73 Å². The minimum absolute atomic E-state index is 0.209. The van der Waals surface area contributed by atoms with Crippen molar-refractivity contribution in [2.24, 2.45) is 5.73 Å². The molecule has 0 aliphatic carbocycles. The normalized spacial score (nSPS) is 26.7. The van der Waals surface area contributed by atoms with Crippen molar-refractivity contribution in [1.82, 2.24) is 0 Å². The highest BCUT2D eigenvalue weighted by atomic mass is 35.5. The molecule has 1 saturated heterocycles. The van der Waals surface area contributed by atoms with Crippen LogP contribution in [0.5, 0.6) is 0 Å². The van der Waals surface area contributed by atoms with Crippen LogP contribution in [-0.2, 0) is 4.74 Å². The van der Waals surface area contributed by atoms with Crippen LogP contribution in [0.2, 0.25) is 5.02 Å². The Balaban J connectivity index is 2.06. The van der Waals surface area contributed by atoms with Crippen molar-refractivity contribution < 1.29 is 4.74 Å². The van der Waals surface area contributed by atoms with E-state index >= 15 is 0 Å². The molecule has 14 heavy (non-hydrogen) atoms. The zero-order valence-corrected chi connectivity index (χ0v) is 8.70. The number of hydrogen-bond acceptors (Lipinski definition) is 2. The molecule has 0 spiro atoms. The Hall–Kier alpha value is -0.570. The van der Waals surface area contributed by atoms with Crippen LogP contribution in [0, 0.1) is 0 Å². The van der Waals surface area contributed by atoms with Crippen molar-refractivity contribution >= 4 is 11.6 Å². The first-order valence-electron chi connectivity index (χ1n) is 4.90. The third-order valence-corrected chi connectivity index (χ3v) is 2.86. The van der Waals surface area contributed by atoms with Crippen LogP contribution in [0.15, 0.2) is 24.3 Å². The molecule has 0 aromatic heterocycles. The van der Waals surface area contributed by atoms with Crippen LogP contribution in [0.4, 0.5) is 0 Å². The topological polar surface area (TPSA) is 35.2 Å². The van der Waals surface area contributed by atoms with Crippen molar-refractivity contribution in [2.75, 3.05) is 6.54 Å². The van der Waals surface area contributed by atoms with Crippen molar-refractivity contribution in [3.8, 4) is 0 Å². The second-order valence-corrected chi connectivity index (χ2v) is 4.05. The standard InChI is InChI=1S/C11H14ClNO/c12-9-3-1-8(2-4-9)11-6-5-10(7-13)14-11/h1-4,10-11H,5-7,13H2/t10-,11+/m1/s1. The second kappa shape index (κ2) is 4.30. The molecule has 0 amide bonds. The lowest BCUT2D eigenvalue weighted by Gasteiger charge is -2.12. The molecule has 1 aliphatic rings. The maximum absolute atomic E-state index is 5.81. The summed E-state index contributed by atoms with van der Waals surface area (Å²) in [7, 11) is 0. The number of hydrogen-bond donors (Lipinski definition) is 1. The summed E-state index contributed by atoms with van der Waals surface area (Å²) < 4.78 is 5.77. The lowest BCUT2D eigenvalue weighted by molar-refractivity contribution is 0.0498. The van der Waals surface area contributed by atoms with E-state index in [9.17, 15) is 0 Å². The Morgan fingerprint density at radius 3 is 2.57 bits per heavy atom. The molecule has 0 bridgehead atoms. The highest BCUT2D eigenvalue weighted by Gasteiger charge is 2.24. The van der Waals surface area contributed by atoms with E-state index in [-0.39, 0.29) is 12.2 Å². The fraction of sp³-hybridized carbons (Fsp3) is 0.455. The quantitative estimate of drug-likeness (QED) is 0.816. The molecule has 76 valence electrons. The van der Waals surface area contributed by atoms with E-state index in [1.165, 1.54) is 5.56 Å². The van der Waals surface area contributed by atoms with Crippen LogP contribution in [-0.4, -0.2) is 12.6 Å². The molecule has 1 aliphatic heterocycles. The molecule has 3 heteroatoms. The molecular formula is C11H14ClNO. The van der Waals surface area contributed by atoms with Gasteiger partial charge < -0.3 is 10.5 Å². The van der Waals surface area contributed by atoms with Crippen LogP contribution in [0.3, 0.4) is 0 Å². The number of benzene rings is 1. The Labute approximate surface area is 89.0 Å². The fourth-order valence-corrected chi connectivity index (χ4v) is 1.93. The molecule has 2 rings (SSSR count). The van der Waals surface area contributed by atoms with Crippen LogP contribution >= 0.6 is 11.6 Å². The monoisotopic (exact) mass is 211 g/mol. The third-order valence-electron chi connectivity index (χ3n) is 2.61. The van der Waals surface area contributed by atoms with E-state index in [1.54, 1.807) is 0 Å². The second-order valence-electron chi connectivity index (χ2n) is 3.61. The summed E-state index contributed by atoms with van der Waals surface area (Å²) in [6, 6.07) is 7.84. The molecule has 2 atom stereocenters. The van der Waals surface area contributed by atoms with Gasteiger partial charge in [0.05, 0.1) is 12.2 Å². The number of halogens is 1. The summed E-state index contributed by atoms with van der Waals surface area (Å²) in [4.78, 5) is 0. The summed E-state index contributed by atoms with van der Waals surface area (Å²) in [5.74, 6) is 0. The highest BCUT2D eigenvalue weighted by molar-refractivity contribution is 6.30. The van der Waals surface area contributed by atoms with Crippen LogP contribution in [0.25, 0.3) is 0 Å². The largest absolute Gasteiger partial charge is 0.369 e. The minimum Gasteiger partial charge on any atom is -0.369 e. The zero-order chi connectivity index (χ0) is 9.97. The average molecular weight is 212 g/mol. The Bertz CT molecular complexity index is 299. The van der Waals surface area contributed by atoms with E-state index in [2.05, 4.69) is 0 Å². The summed E-state index contributed by atoms with van der Waals surface area (Å²) in [6.07, 6.45) is 2.56. The lowest BCUT2D eigenvalue weighted by Crippen LogP contribution is -2.18. The minimum atomic E-state index is 0.209. The van der Waals surface area contributed by atoms with Crippen molar-refractivity contribution in [1.29, 1.82) is 0 Å². The van der Waals surface area contributed by atoms with Gasteiger partial charge in [-0.2, -0.15) is 0 Å². The molecule has 2 nitrogen and oxygen atoms in total. The SMILES string of the molecule is NC[C@H]1CC[C@@H](c2ccc(Cl)cc2)O1. The van der Waals surface area contributed by atoms with Gasteiger partial charge in [0.2, 0.25) is 0 Å². The Morgan fingerprint density at radius 1 is 1.29 bits per heavy atom. The van der Waals surface area contributed by atoms with Gasteiger partial charge in [0.25, 0.3) is 0 Å². The molecular weight excluding hydrogens is 198 g/mol. The van der Waals surface area contributed by atoms with Gasteiger partial charge in [-0.1, -0.05) is 23.7 Å². The predicted molar refractivity (Wildman–Crippen MR) is 57.4 cm³/mol. The zero-order valence-electron chi connectivity index (χ0n) is 7.95. The van der Waals surface area contributed by atoms with E-state index in [1.807, 2.05) is 24.3 Å². The fourth-order valence-electron chi connectivity index (χ4n) is 1.80. The van der Waals surface area contributed by atoms with Crippen molar-refractivity contribution in [3.63, 3.8) is 0 Å². The molecule has 1 aromatic carbocycles. The lowest BCUT2D eigenvalue weighted by atomic mass is 10.1. The van der Waals surface area contributed by atoms with E-state index < -0.39 is 0 Å². The van der Waals surface area contributed by atoms with Gasteiger partial charge in [-0.3, -0.25) is 0 Å². The average Bonchev–Trinajstić information content (AvgIpc) is 2.67. The number of ether oxygens (including phenoxy) is 1. The summed E-state index contributed by atoms with van der Waals surface area (Å²) in [5, 5.41) is 0.766. The molecule has 0 unspecified atom stereocenters. The highest BCUT2D eigenvalue weighted by Crippen LogP contribution is 2.32. The maximum Gasteiger partial charge on any atom is 0.0830 e. The summed E-state index contributed by atoms with van der Waals surface area (Å²) in [6.45, 7) is 0.615. The summed E-state index contributed by atoms with van der Waals surface area (Å²) >= 11 is 5.81. The predicted octanol–water partition coefficient (Wildman–Crippen LogP) is 2.52. The first kappa shape index (κ1) is 9.97. The summed E-state index contributed by atoms with van der Waals surface area (Å²) in [5.41, 5.74) is 6.75. The van der Waals surface area contributed by atoms with Crippen LogP contribution in [0.1, 0.15) is 24.5 Å². The molecule has 1 heterocycles. The first-order chi connectivity index (χ1) is 6.79. The van der Waals surface area contributed by atoms with Gasteiger partial charge in [-0.05, 0) is 30.5 Å². The maximum atomic E-state index is 5.81. The number of rotatable bonds is 2. The van der Waals surface area contributed by atoms with Gasteiger partial charge in [0, 0.05) is 11.6 Å². The molecule has 1 fully saturated rings. The number of nitrogens with two attached hydrogens (primary N) is 1. The Kier molecular flexibility index (Phi) is 3.06. The third kappa shape index (κ3) is 2.08. The van der Waals surface area contributed by atoms with Gasteiger partial charge >= 0.3 is 0 Å². The van der Waals surface area contributed by atoms with Gasteiger partial charge in [0.15, 0.2) is 0 Å². The van der Waals surface area contributed by atoms with Gasteiger partial charge in [0.1, 0.15) is 0 Å².